The molecule has 0 saturated heterocycles. The zero-order valence-corrected chi connectivity index (χ0v) is 20.1. The number of hydrogen-bond acceptors (Lipinski definition) is 8. The number of aromatic nitrogens is 1. The Kier molecular flexibility index (Phi) is 7.12. The lowest BCUT2D eigenvalue weighted by atomic mass is 9.95. The van der Waals surface area contributed by atoms with E-state index in [2.05, 4.69) is 11.6 Å². The first-order valence-corrected chi connectivity index (χ1v) is 11.7. The van der Waals surface area contributed by atoms with Crippen molar-refractivity contribution in [2.24, 2.45) is 0 Å². The molecule has 0 bridgehead atoms. The number of anilines is 1. The van der Waals surface area contributed by atoms with Crippen molar-refractivity contribution in [1.82, 2.24) is 4.98 Å². The molecule has 0 spiro atoms. The summed E-state index contributed by atoms with van der Waals surface area (Å²) in [6, 6.07) is 14.0. The van der Waals surface area contributed by atoms with E-state index in [4.69, 9.17) is 4.74 Å². The third-order valence-corrected chi connectivity index (χ3v) is 6.55. The first-order valence-electron chi connectivity index (χ1n) is 10.9. The molecule has 0 fully saturated rings. The minimum absolute atomic E-state index is 0.00276. The number of amides is 1. The van der Waals surface area contributed by atoms with Gasteiger partial charge in [0.25, 0.3) is 5.91 Å². The Morgan fingerprint density at radius 2 is 1.83 bits per heavy atom. The van der Waals surface area contributed by atoms with Gasteiger partial charge in [-0.3, -0.25) is 14.5 Å². The van der Waals surface area contributed by atoms with Crippen LogP contribution in [0.25, 0.3) is 6.08 Å². The first-order chi connectivity index (χ1) is 17.3. The SMILES string of the molecule is C=CCOC(=O)c1sc(N2C(=O)C(O)=C(C(=O)/C=C/c3ccccc3)C2c2ccc(O)cc2)nc1C. The molecule has 36 heavy (non-hydrogen) atoms. The van der Waals surface area contributed by atoms with Crippen LogP contribution in [0.3, 0.4) is 0 Å². The molecule has 9 heteroatoms. The highest BCUT2D eigenvalue weighted by Gasteiger charge is 2.45. The Morgan fingerprint density at radius 1 is 1.14 bits per heavy atom. The Balaban J connectivity index is 1.76. The maximum Gasteiger partial charge on any atom is 0.350 e. The molecule has 0 radical (unpaired) electrons. The van der Waals surface area contributed by atoms with Crippen LogP contribution in [0, 0.1) is 6.92 Å². The van der Waals surface area contributed by atoms with Crippen molar-refractivity contribution in [3.63, 3.8) is 0 Å². The van der Waals surface area contributed by atoms with E-state index in [1.807, 2.05) is 30.3 Å². The van der Waals surface area contributed by atoms with E-state index in [0.717, 1.165) is 16.9 Å². The highest BCUT2D eigenvalue weighted by molar-refractivity contribution is 7.17. The quantitative estimate of drug-likeness (QED) is 0.261. The van der Waals surface area contributed by atoms with Crippen LogP contribution in [0.4, 0.5) is 5.13 Å². The van der Waals surface area contributed by atoms with E-state index < -0.39 is 29.5 Å². The third-order valence-electron chi connectivity index (χ3n) is 5.42. The molecule has 8 nitrogen and oxygen atoms in total. The van der Waals surface area contributed by atoms with Gasteiger partial charge in [-0.15, -0.1) is 0 Å². The summed E-state index contributed by atoms with van der Waals surface area (Å²) in [5.41, 5.74) is 1.43. The van der Waals surface area contributed by atoms with Crippen LogP contribution < -0.4 is 4.90 Å². The van der Waals surface area contributed by atoms with Crippen LogP contribution in [0.15, 0.2) is 84.7 Å². The van der Waals surface area contributed by atoms with E-state index >= 15 is 0 Å². The summed E-state index contributed by atoms with van der Waals surface area (Å²) in [6.45, 7) is 5.13. The highest BCUT2D eigenvalue weighted by Crippen LogP contribution is 2.43. The van der Waals surface area contributed by atoms with E-state index in [-0.39, 0.29) is 27.9 Å². The fourth-order valence-corrected chi connectivity index (χ4v) is 4.71. The number of phenolic OH excluding ortho intramolecular Hbond substituents is 1. The van der Waals surface area contributed by atoms with Crippen molar-refractivity contribution in [2.45, 2.75) is 13.0 Å². The minimum Gasteiger partial charge on any atom is -0.508 e. The van der Waals surface area contributed by atoms with E-state index in [1.165, 1.54) is 29.2 Å². The lowest BCUT2D eigenvalue weighted by Crippen LogP contribution is -2.30. The standard InChI is InChI=1S/C27H22N2O6S/c1-3-15-35-26(34)24-16(2)28-27(36-24)29-22(18-10-12-19(30)13-11-18)21(23(32)25(29)33)20(31)14-9-17-7-5-4-6-8-17/h3-14,22,30,32H,1,15H2,2H3/b14-9+. The average molecular weight is 503 g/mol. The van der Waals surface area contributed by atoms with Crippen LogP contribution >= 0.6 is 11.3 Å². The van der Waals surface area contributed by atoms with Gasteiger partial charge in [-0.1, -0.05) is 72.5 Å². The van der Waals surface area contributed by atoms with Crippen LogP contribution in [0.1, 0.15) is 32.5 Å². The highest BCUT2D eigenvalue weighted by atomic mass is 32.1. The molecule has 3 aromatic rings. The molecule has 2 aromatic carbocycles. The minimum atomic E-state index is -1.03. The van der Waals surface area contributed by atoms with Crippen molar-refractivity contribution in [3.05, 3.63) is 106 Å². The molecule has 1 aliphatic rings. The number of ketones is 1. The van der Waals surface area contributed by atoms with Crippen LogP contribution in [-0.2, 0) is 14.3 Å². The van der Waals surface area contributed by atoms with Gasteiger partial charge in [0.2, 0.25) is 0 Å². The number of carbonyl (C=O) groups excluding carboxylic acids is 3. The summed E-state index contributed by atoms with van der Waals surface area (Å²) in [6.07, 6.45) is 4.31. The molecule has 2 N–H and O–H groups in total. The van der Waals surface area contributed by atoms with Crippen molar-refractivity contribution in [3.8, 4) is 5.75 Å². The molecule has 4 rings (SSSR count). The van der Waals surface area contributed by atoms with Crippen molar-refractivity contribution < 1.29 is 29.3 Å². The first kappa shape index (κ1) is 24.6. The Bertz CT molecular complexity index is 1390. The summed E-state index contributed by atoms with van der Waals surface area (Å²) in [5, 5.41) is 20.7. The maximum absolute atomic E-state index is 13.3. The normalized spacial score (nSPS) is 15.5. The summed E-state index contributed by atoms with van der Waals surface area (Å²) in [7, 11) is 0. The van der Waals surface area contributed by atoms with Gasteiger partial charge in [0.15, 0.2) is 16.7 Å². The smallest absolute Gasteiger partial charge is 0.350 e. The number of allylic oxidation sites excluding steroid dienone is 1. The molecule has 0 saturated carbocycles. The average Bonchev–Trinajstić information content (AvgIpc) is 3.39. The number of esters is 1. The number of aromatic hydroxyl groups is 1. The molecular formula is C27H22N2O6S. The van der Waals surface area contributed by atoms with Gasteiger partial charge in [-0.05, 0) is 36.3 Å². The summed E-state index contributed by atoms with van der Waals surface area (Å²) in [5.74, 6) is -2.73. The Morgan fingerprint density at radius 3 is 2.50 bits per heavy atom. The topological polar surface area (TPSA) is 117 Å². The van der Waals surface area contributed by atoms with Gasteiger partial charge < -0.3 is 14.9 Å². The molecule has 182 valence electrons. The third kappa shape index (κ3) is 4.82. The van der Waals surface area contributed by atoms with Crippen LogP contribution in [-0.4, -0.2) is 39.5 Å². The number of nitrogens with zero attached hydrogens (tertiary/aromatic N) is 2. The number of aliphatic hydroxyl groups excluding tert-OH is 1. The van der Waals surface area contributed by atoms with Crippen molar-refractivity contribution in [1.29, 1.82) is 0 Å². The van der Waals surface area contributed by atoms with Crippen LogP contribution in [0.2, 0.25) is 0 Å². The lowest BCUT2D eigenvalue weighted by molar-refractivity contribution is -0.117. The molecule has 1 unspecified atom stereocenters. The molecule has 1 aromatic heterocycles. The zero-order valence-electron chi connectivity index (χ0n) is 19.2. The molecule has 0 aliphatic carbocycles. The Hall–Kier alpha value is -4.50. The second kappa shape index (κ2) is 10.4. The lowest BCUT2D eigenvalue weighted by Gasteiger charge is -2.24. The molecule has 2 heterocycles. The number of carbonyl (C=O) groups is 3. The number of phenols is 1. The number of ether oxygens (including phenoxy) is 1. The predicted molar refractivity (Wildman–Crippen MR) is 136 cm³/mol. The second-order valence-electron chi connectivity index (χ2n) is 7.84. The van der Waals surface area contributed by atoms with Crippen molar-refractivity contribution >= 4 is 40.2 Å². The molecular weight excluding hydrogens is 480 g/mol. The van der Waals surface area contributed by atoms with Gasteiger partial charge >= 0.3 is 5.97 Å². The summed E-state index contributed by atoms with van der Waals surface area (Å²) in [4.78, 5) is 44.7. The van der Waals surface area contributed by atoms with Crippen molar-refractivity contribution in [2.75, 3.05) is 11.5 Å². The fourth-order valence-electron chi connectivity index (χ4n) is 3.73. The van der Waals surface area contributed by atoms with E-state index in [0.29, 0.717) is 11.3 Å². The second-order valence-corrected chi connectivity index (χ2v) is 8.82. The monoisotopic (exact) mass is 502 g/mol. The maximum atomic E-state index is 13.3. The summed E-state index contributed by atoms with van der Waals surface area (Å²) >= 11 is 0.915. The number of aryl methyl sites for hydroxylation is 1. The number of rotatable bonds is 8. The zero-order chi connectivity index (χ0) is 25.8. The molecule has 1 aliphatic heterocycles. The Labute approximate surface area is 211 Å². The van der Waals surface area contributed by atoms with Gasteiger partial charge in [0.1, 0.15) is 17.2 Å². The number of hydrogen-bond donors (Lipinski definition) is 2. The number of aliphatic hydroxyl groups is 1. The van der Waals surface area contributed by atoms with Gasteiger partial charge in [0, 0.05) is 0 Å². The van der Waals surface area contributed by atoms with Gasteiger partial charge in [-0.2, -0.15) is 0 Å². The summed E-state index contributed by atoms with van der Waals surface area (Å²) < 4.78 is 5.10. The predicted octanol–water partition coefficient (Wildman–Crippen LogP) is 4.68. The van der Waals surface area contributed by atoms with E-state index in [1.54, 1.807) is 25.1 Å². The molecule has 1 atom stereocenters. The van der Waals surface area contributed by atoms with Gasteiger partial charge in [-0.25, -0.2) is 9.78 Å². The fraction of sp³-hybridized carbons (Fsp3) is 0.111. The largest absolute Gasteiger partial charge is 0.508 e. The van der Waals surface area contributed by atoms with E-state index in [9.17, 15) is 24.6 Å². The van der Waals surface area contributed by atoms with Crippen LogP contribution in [0.5, 0.6) is 5.75 Å². The van der Waals surface area contributed by atoms with Gasteiger partial charge in [0.05, 0.1) is 17.3 Å². The molecule has 1 amide bonds. The number of benzene rings is 2. The number of thiazole rings is 1.